The quantitative estimate of drug-likeness (QED) is 0.834. The molecule has 0 spiro atoms. The fourth-order valence-electron chi connectivity index (χ4n) is 1.86. The van der Waals surface area contributed by atoms with Crippen LogP contribution in [0.4, 0.5) is 0 Å². The molecule has 0 aliphatic rings. The van der Waals surface area contributed by atoms with Crippen molar-refractivity contribution >= 4 is 28.5 Å². The molecule has 1 aromatic carbocycles. The molecule has 0 radical (unpaired) electrons. The summed E-state index contributed by atoms with van der Waals surface area (Å²) in [5, 5.41) is 9.38. The monoisotopic (exact) mass is 251 g/mol. The molecule has 0 atom stereocenters. The van der Waals surface area contributed by atoms with Gasteiger partial charge in [-0.25, -0.2) is 4.79 Å². The fraction of sp³-hybridized carbons (Fsp3) is 0.167. The van der Waals surface area contributed by atoms with Crippen molar-refractivity contribution in [3.63, 3.8) is 0 Å². The lowest BCUT2D eigenvalue weighted by Gasteiger charge is -2.12. The lowest BCUT2D eigenvalue weighted by molar-refractivity contribution is 0.0695. The van der Waals surface area contributed by atoms with Crippen LogP contribution < -0.4 is 5.43 Å². The van der Waals surface area contributed by atoms with Crippen molar-refractivity contribution in [2.75, 3.05) is 0 Å². The summed E-state index contributed by atoms with van der Waals surface area (Å²) < 4.78 is 1.61. The first-order valence-electron chi connectivity index (χ1n) is 5.12. The van der Waals surface area contributed by atoms with Gasteiger partial charge < -0.3 is 9.67 Å². The molecule has 0 unspecified atom stereocenters. The van der Waals surface area contributed by atoms with Crippen LogP contribution in [0.1, 0.15) is 17.3 Å². The summed E-state index contributed by atoms with van der Waals surface area (Å²) in [5.74, 6) is -1.30. The number of hydrogen-bond acceptors (Lipinski definition) is 2. The summed E-state index contributed by atoms with van der Waals surface area (Å²) in [6.45, 7) is 2.34. The standard InChI is InChI=1S/C12H10ClNO3/c1-2-14-8-6-4-3-5-7(8)10(15)9(11(14)13)12(16)17/h3-6H,2H2,1H3,(H,16,17). The highest BCUT2D eigenvalue weighted by Gasteiger charge is 2.19. The summed E-state index contributed by atoms with van der Waals surface area (Å²) in [6.07, 6.45) is 0. The lowest BCUT2D eigenvalue weighted by Crippen LogP contribution is -2.20. The Morgan fingerprint density at radius 3 is 2.65 bits per heavy atom. The maximum atomic E-state index is 12.0. The minimum atomic E-state index is -1.30. The number of benzene rings is 1. The largest absolute Gasteiger partial charge is 0.477 e. The zero-order valence-electron chi connectivity index (χ0n) is 9.11. The molecule has 0 aliphatic heterocycles. The smallest absolute Gasteiger partial charge is 0.342 e. The van der Waals surface area contributed by atoms with Crippen LogP contribution in [0.2, 0.25) is 5.15 Å². The van der Waals surface area contributed by atoms with E-state index in [1.807, 2.05) is 6.92 Å². The van der Waals surface area contributed by atoms with Crippen LogP contribution in [-0.4, -0.2) is 15.6 Å². The number of aromatic carboxylic acids is 1. The number of rotatable bonds is 2. The molecule has 2 aromatic rings. The molecular weight excluding hydrogens is 242 g/mol. The normalized spacial score (nSPS) is 10.7. The van der Waals surface area contributed by atoms with E-state index in [9.17, 15) is 9.59 Å². The van der Waals surface area contributed by atoms with Gasteiger partial charge in [-0.15, -0.1) is 0 Å². The highest BCUT2D eigenvalue weighted by molar-refractivity contribution is 6.33. The van der Waals surface area contributed by atoms with Gasteiger partial charge >= 0.3 is 5.97 Å². The average molecular weight is 252 g/mol. The summed E-state index contributed by atoms with van der Waals surface area (Å²) in [6, 6.07) is 6.83. The topological polar surface area (TPSA) is 59.3 Å². The highest BCUT2D eigenvalue weighted by Crippen LogP contribution is 2.20. The van der Waals surface area contributed by atoms with Gasteiger partial charge in [0, 0.05) is 11.9 Å². The van der Waals surface area contributed by atoms with Gasteiger partial charge in [0.1, 0.15) is 10.7 Å². The van der Waals surface area contributed by atoms with Gasteiger partial charge in [0.15, 0.2) is 0 Å². The summed E-state index contributed by atoms with van der Waals surface area (Å²) in [5.41, 5.74) is -0.259. The number of para-hydroxylation sites is 1. The van der Waals surface area contributed by atoms with E-state index in [0.717, 1.165) is 0 Å². The number of halogens is 1. The third kappa shape index (κ3) is 1.70. The van der Waals surface area contributed by atoms with Crippen LogP contribution in [0.3, 0.4) is 0 Å². The predicted molar refractivity (Wildman–Crippen MR) is 65.9 cm³/mol. The second-order valence-corrected chi connectivity index (χ2v) is 3.92. The van der Waals surface area contributed by atoms with Crippen molar-refractivity contribution in [2.45, 2.75) is 13.5 Å². The van der Waals surface area contributed by atoms with Crippen molar-refractivity contribution in [1.82, 2.24) is 4.57 Å². The molecule has 88 valence electrons. The Bertz CT molecular complexity index is 661. The van der Waals surface area contributed by atoms with Gasteiger partial charge in [0.2, 0.25) is 5.43 Å². The molecule has 17 heavy (non-hydrogen) atoms. The number of hydrogen-bond donors (Lipinski definition) is 1. The zero-order valence-corrected chi connectivity index (χ0v) is 9.86. The van der Waals surface area contributed by atoms with E-state index in [1.54, 1.807) is 28.8 Å². The van der Waals surface area contributed by atoms with E-state index in [2.05, 4.69) is 0 Å². The number of carbonyl (C=O) groups is 1. The molecule has 0 amide bonds. The Kier molecular flexibility index (Phi) is 2.90. The first-order chi connectivity index (χ1) is 8.07. The molecule has 0 saturated heterocycles. The average Bonchev–Trinajstić information content (AvgIpc) is 2.29. The Hall–Kier alpha value is -1.81. The predicted octanol–water partition coefficient (Wildman–Crippen LogP) is 2.37. The van der Waals surface area contributed by atoms with Crippen LogP contribution in [0, 0.1) is 0 Å². The van der Waals surface area contributed by atoms with Crippen LogP contribution in [0.15, 0.2) is 29.1 Å². The molecule has 4 nitrogen and oxygen atoms in total. The number of fused-ring (bicyclic) bond motifs is 1. The molecule has 2 rings (SSSR count). The van der Waals surface area contributed by atoms with E-state index >= 15 is 0 Å². The van der Waals surface area contributed by atoms with E-state index in [0.29, 0.717) is 17.4 Å². The number of carboxylic acids is 1. The number of aromatic nitrogens is 1. The molecular formula is C12H10ClNO3. The molecule has 1 aromatic heterocycles. The maximum absolute atomic E-state index is 12.0. The minimum Gasteiger partial charge on any atom is -0.477 e. The van der Waals surface area contributed by atoms with E-state index in [1.165, 1.54) is 0 Å². The van der Waals surface area contributed by atoms with Gasteiger partial charge in [-0.05, 0) is 19.1 Å². The van der Waals surface area contributed by atoms with Crippen LogP contribution in [0.5, 0.6) is 0 Å². The minimum absolute atomic E-state index is 0.0244. The fourth-order valence-corrected chi connectivity index (χ4v) is 2.24. The molecule has 1 heterocycles. The first kappa shape index (κ1) is 11.7. The van der Waals surface area contributed by atoms with Crippen LogP contribution in [-0.2, 0) is 6.54 Å². The summed E-state index contributed by atoms with van der Waals surface area (Å²) in [4.78, 5) is 23.0. The third-order valence-electron chi connectivity index (χ3n) is 2.64. The maximum Gasteiger partial charge on any atom is 0.342 e. The zero-order chi connectivity index (χ0) is 12.6. The molecule has 0 aliphatic carbocycles. The lowest BCUT2D eigenvalue weighted by atomic mass is 10.1. The Morgan fingerprint density at radius 1 is 1.41 bits per heavy atom. The number of carboxylic acid groups (broad SMARTS) is 1. The van der Waals surface area contributed by atoms with Gasteiger partial charge in [-0.3, -0.25) is 4.79 Å². The molecule has 5 heteroatoms. The summed E-state index contributed by atoms with van der Waals surface area (Å²) in [7, 11) is 0. The van der Waals surface area contributed by atoms with E-state index in [4.69, 9.17) is 16.7 Å². The Labute approximate surface area is 102 Å². The van der Waals surface area contributed by atoms with E-state index < -0.39 is 11.4 Å². The third-order valence-corrected chi connectivity index (χ3v) is 3.03. The van der Waals surface area contributed by atoms with Crippen molar-refractivity contribution in [3.8, 4) is 0 Å². The van der Waals surface area contributed by atoms with Gasteiger partial charge in [-0.2, -0.15) is 0 Å². The van der Waals surface area contributed by atoms with Crippen LogP contribution in [0.25, 0.3) is 10.9 Å². The van der Waals surface area contributed by atoms with Crippen LogP contribution >= 0.6 is 11.6 Å². The van der Waals surface area contributed by atoms with Crippen molar-refractivity contribution < 1.29 is 9.90 Å². The summed E-state index contributed by atoms with van der Waals surface area (Å²) >= 11 is 5.97. The van der Waals surface area contributed by atoms with Crippen molar-refractivity contribution in [1.29, 1.82) is 0 Å². The van der Waals surface area contributed by atoms with Crippen molar-refractivity contribution in [3.05, 3.63) is 45.2 Å². The number of aryl methyl sites for hydroxylation is 1. The number of nitrogens with zero attached hydrogens (tertiary/aromatic N) is 1. The van der Waals surface area contributed by atoms with Crippen molar-refractivity contribution in [2.24, 2.45) is 0 Å². The molecule has 0 bridgehead atoms. The van der Waals surface area contributed by atoms with Gasteiger partial charge in [-0.1, -0.05) is 23.7 Å². The molecule has 0 saturated carbocycles. The van der Waals surface area contributed by atoms with E-state index in [-0.39, 0.29) is 10.7 Å². The Morgan fingerprint density at radius 2 is 2.06 bits per heavy atom. The first-order valence-corrected chi connectivity index (χ1v) is 5.50. The SMILES string of the molecule is CCn1c(Cl)c(C(=O)O)c(=O)c2ccccc21. The van der Waals surface area contributed by atoms with Gasteiger partial charge in [0.25, 0.3) is 0 Å². The molecule has 1 N–H and O–H groups in total. The number of pyridine rings is 1. The second kappa shape index (κ2) is 4.22. The molecule has 0 fully saturated rings. The second-order valence-electron chi connectivity index (χ2n) is 3.56. The Balaban J connectivity index is 3.05. The highest BCUT2D eigenvalue weighted by atomic mass is 35.5. The van der Waals surface area contributed by atoms with Gasteiger partial charge in [0.05, 0.1) is 5.52 Å².